The van der Waals surface area contributed by atoms with E-state index < -0.39 is 0 Å². The fraction of sp³-hybridized carbons (Fsp3) is 0.273. The summed E-state index contributed by atoms with van der Waals surface area (Å²) in [6.07, 6.45) is 6.96. The molecule has 1 aliphatic carbocycles. The average Bonchev–Trinajstić information content (AvgIpc) is 2.50. The summed E-state index contributed by atoms with van der Waals surface area (Å²) in [6.45, 7) is 8.96. The zero-order chi connectivity index (χ0) is 15.7. The molecule has 0 saturated heterocycles. The van der Waals surface area contributed by atoms with Crippen LogP contribution in [0.25, 0.3) is 16.7 Å². The van der Waals surface area contributed by atoms with Gasteiger partial charge in [0.1, 0.15) is 0 Å². The standard InChI is InChI=1S/C22H24/c1-15-9-5-7-11-19(15)21-14-13-17(3)22(18(21)4)20-12-8-6-10-16(20)2/h6-8,10-14H,5,9H2,1-4H3. The summed E-state index contributed by atoms with van der Waals surface area (Å²) in [5.41, 5.74) is 11.2. The molecule has 0 nitrogen and oxygen atoms in total. The van der Waals surface area contributed by atoms with Crippen molar-refractivity contribution in [1.82, 2.24) is 0 Å². The van der Waals surface area contributed by atoms with Crippen LogP contribution in [0, 0.1) is 20.8 Å². The number of hydrogen-bond acceptors (Lipinski definition) is 0. The molecular weight excluding hydrogens is 264 g/mol. The van der Waals surface area contributed by atoms with Gasteiger partial charge in [-0.1, -0.05) is 54.1 Å². The maximum atomic E-state index is 2.30. The van der Waals surface area contributed by atoms with Crippen LogP contribution in [0.2, 0.25) is 0 Å². The molecule has 0 saturated carbocycles. The lowest BCUT2D eigenvalue weighted by molar-refractivity contribution is 0.967. The predicted molar refractivity (Wildman–Crippen MR) is 97.1 cm³/mol. The summed E-state index contributed by atoms with van der Waals surface area (Å²) in [6, 6.07) is 13.3. The Bertz CT molecular complexity index is 773. The first-order chi connectivity index (χ1) is 10.6. The third-order valence-corrected chi connectivity index (χ3v) is 4.81. The van der Waals surface area contributed by atoms with E-state index in [0.29, 0.717) is 0 Å². The van der Waals surface area contributed by atoms with Crippen molar-refractivity contribution in [2.45, 2.75) is 40.5 Å². The predicted octanol–water partition coefficient (Wildman–Crippen LogP) is 6.40. The van der Waals surface area contributed by atoms with Gasteiger partial charge in [0.25, 0.3) is 0 Å². The van der Waals surface area contributed by atoms with Crippen LogP contribution in [0.1, 0.15) is 42.0 Å². The Hall–Kier alpha value is -2.08. The molecule has 0 unspecified atom stereocenters. The van der Waals surface area contributed by atoms with Gasteiger partial charge in [-0.25, -0.2) is 0 Å². The van der Waals surface area contributed by atoms with Crippen molar-refractivity contribution >= 4 is 5.57 Å². The molecular formula is C22H24. The first-order valence-electron chi connectivity index (χ1n) is 8.12. The van der Waals surface area contributed by atoms with Crippen LogP contribution < -0.4 is 0 Å². The van der Waals surface area contributed by atoms with E-state index in [1.54, 1.807) is 0 Å². The van der Waals surface area contributed by atoms with Crippen LogP contribution in [0.4, 0.5) is 0 Å². The van der Waals surface area contributed by atoms with Crippen molar-refractivity contribution in [2.75, 3.05) is 0 Å². The van der Waals surface area contributed by atoms with Gasteiger partial charge in [-0.05, 0) is 79.5 Å². The van der Waals surface area contributed by atoms with Crippen molar-refractivity contribution < 1.29 is 0 Å². The van der Waals surface area contributed by atoms with Gasteiger partial charge in [0.15, 0.2) is 0 Å². The van der Waals surface area contributed by atoms with Gasteiger partial charge >= 0.3 is 0 Å². The van der Waals surface area contributed by atoms with Crippen LogP contribution in [0.15, 0.2) is 54.1 Å². The van der Waals surface area contributed by atoms with Crippen LogP contribution in [-0.2, 0) is 0 Å². The van der Waals surface area contributed by atoms with Crippen LogP contribution in [0.5, 0.6) is 0 Å². The topological polar surface area (TPSA) is 0 Å². The third kappa shape index (κ3) is 2.54. The smallest absolute Gasteiger partial charge is 0.0117 e. The fourth-order valence-electron chi connectivity index (χ4n) is 3.50. The molecule has 0 spiro atoms. The highest BCUT2D eigenvalue weighted by atomic mass is 14.2. The second kappa shape index (κ2) is 5.96. The number of rotatable bonds is 2. The minimum atomic E-state index is 1.17. The number of aryl methyl sites for hydroxylation is 2. The van der Waals surface area contributed by atoms with E-state index in [2.05, 4.69) is 76.2 Å². The molecule has 2 aromatic carbocycles. The first-order valence-corrected chi connectivity index (χ1v) is 8.12. The molecule has 2 aromatic rings. The van der Waals surface area contributed by atoms with Crippen molar-refractivity contribution in [3.05, 3.63) is 76.4 Å². The van der Waals surface area contributed by atoms with E-state index in [-0.39, 0.29) is 0 Å². The molecule has 0 aliphatic heterocycles. The quantitative estimate of drug-likeness (QED) is 0.599. The highest BCUT2D eigenvalue weighted by Crippen LogP contribution is 2.36. The molecule has 3 rings (SSSR count). The molecule has 0 N–H and O–H groups in total. The molecule has 0 amide bonds. The molecule has 0 fully saturated rings. The van der Waals surface area contributed by atoms with Gasteiger partial charge in [0.2, 0.25) is 0 Å². The Labute approximate surface area is 134 Å². The van der Waals surface area contributed by atoms with Gasteiger partial charge in [-0.15, -0.1) is 0 Å². The molecule has 0 aromatic heterocycles. The summed E-state index contributed by atoms with van der Waals surface area (Å²) in [7, 11) is 0. The molecule has 0 radical (unpaired) electrons. The molecule has 22 heavy (non-hydrogen) atoms. The van der Waals surface area contributed by atoms with E-state index in [1.807, 2.05) is 0 Å². The van der Waals surface area contributed by atoms with Gasteiger partial charge in [-0.2, -0.15) is 0 Å². The fourth-order valence-corrected chi connectivity index (χ4v) is 3.50. The van der Waals surface area contributed by atoms with E-state index >= 15 is 0 Å². The van der Waals surface area contributed by atoms with E-state index in [9.17, 15) is 0 Å². The van der Waals surface area contributed by atoms with Gasteiger partial charge < -0.3 is 0 Å². The van der Waals surface area contributed by atoms with E-state index in [1.165, 1.54) is 57.4 Å². The highest BCUT2D eigenvalue weighted by Gasteiger charge is 2.15. The van der Waals surface area contributed by atoms with Crippen molar-refractivity contribution in [2.24, 2.45) is 0 Å². The van der Waals surface area contributed by atoms with E-state index in [0.717, 1.165) is 0 Å². The van der Waals surface area contributed by atoms with Crippen LogP contribution >= 0.6 is 0 Å². The monoisotopic (exact) mass is 288 g/mol. The zero-order valence-electron chi connectivity index (χ0n) is 14.0. The lowest BCUT2D eigenvalue weighted by atomic mass is 9.85. The molecule has 0 bridgehead atoms. The van der Waals surface area contributed by atoms with E-state index in [4.69, 9.17) is 0 Å². The zero-order valence-corrected chi connectivity index (χ0v) is 14.0. The summed E-state index contributed by atoms with van der Waals surface area (Å²) in [5, 5.41) is 0. The molecule has 0 heteroatoms. The number of allylic oxidation sites excluding steroid dienone is 4. The van der Waals surface area contributed by atoms with Gasteiger partial charge in [0, 0.05) is 0 Å². The van der Waals surface area contributed by atoms with Crippen molar-refractivity contribution in [3.63, 3.8) is 0 Å². The van der Waals surface area contributed by atoms with Crippen molar-refractivity contribution in [1.29, 1.82) is 0 Å². The lowest BCUT2D eigenvalue weighted by Crippen LogP contribution is -1.99. The second-order valence-electron chi connectivity index (χ2n) is 6.38. The minimum absolute atomic E-state index is 1.17. The average molecular weight is 288 g/mol. The Balaban J connectivity index is 2.24. The maximum Gasteiger partial charge on any atom is -0.0117 e. The lowest BCUT2D eigenvalue weighted by Gasteiger charge is -2.20. The number of hydrogen-bond donors (Lipinski definition) is 0. The Kier molecular flexibility index (Phi) is 4.02. The normalized spacial score (nSPS) is 14.5. The van der Waals surface area contributed by atoms with Crippen molar-refractivity contribution in [3.8, 4) is 11.1 Å². The minimum Gasteiger partial charge on any atom is -0.0836 e. The van der Waals surface area contributed by atoms with Crippen LogP contribution in [-0.4, -0.2) is 0 Å². The van der Waals surface area contributed by atoms with Crippen LogP contribution in [0.3, 0.4) is 0 Å². The molecule has 0 atom stereocenters. The Morgan fingerprint density at radius 2 is 1.55 bits per heavy atom. The van der Waals surface area contributed by atoms with Gasteiger partial charge in [0.05, 0.1) is 0 Å². The molecule has 112 valence electrons. The molecule has 1 aliphatic rings. The maximum absolute atomic E-state index is 2.30. The Morgan fingerprint density at radius 1 is 0.773 bits per heavy atom. The Morgan fingerprint density at radius 3 is 2.27 bits per heavy atom. The molecule has 0 heterocycles. The summed E-state index contributed by atoms with van der Waals surface area (Å²) >= 11 is 0. The first kappa shape index (κ1) is 14.8. The SMILES string of the molecule is CC1=C(c2ccc(C)c(-c3ccccc3C)c2C)C=CCC1. The number of benzene rings is 2. The highest BCUT2D eigenvalue weighted by molar-refractivity contribution is 5.85. The third-order valence-electron chi connectivity index (χ3n) is 4.81. The summed E-state index contributed by atoms with van der Waals surface area (Å²) in [5.74, 6) is 0. The summed E-state index contributed by atoms with van der Waals surface area (Å²) < 4.78 is 0. The second-order valence-corrected chi connectivity index (χ2v) is 6.38. The summed E-state index contributed by atoms with van der Waals surface area (Å²) in [4.78, 5) is 0. The van der Waals surface area contributed by atoms with Gasteiger partial charge in [-0.3, -0.25) is 0 Å². The largest absolute Gasteiger partial charge is 0.0836 e.